The van der Waals surface area contributed by atoms with Gasteiger partial charge < -0.3 is 5.11 Å². The number of nitrogens with zero attached hydrogens (tertiary/aromatic N) is 1. The lowest BCUT2D eigenvalue weighted by atomic mass is 9.85. The van der Waals surface area contributed by atoms with Crippen LogP contribution >= 0.6 is 0 Å². The van der Waals surface area contributed by atoms with Gasteiger partial charge in [-0.3, -0.25) is 4.79 Å². The van der Waals surface area contributed by atoms with Gasteiger partial charge in [0.2, 0.25) is 5.91 Å². The van der Waals surface area contributed by atoms with Crippen molar-refractivity contribution < 1.29 is 9.90 Å². The van der Waals surface area contributed by atoms with Gasteiger partial charge >= 0.3 is 0 Å². The molecule has 0 bridgehead atoms. The molecule has 1 fully saturated rings. The van der Waals surface area contributed by atoms with Crippen molar-refractivity contribution in [3.8, 4) is 5.75 Å². The molecule has 0 radical (unpaired) electrons. The minimum Gasteiger partial charge on any atom is -0.508 e. The first-order chi connectivity index (χ1) is 13.6. The van der Waals surface area contributed by atoms with Gasteiger partial charge in [0.15, 0.2) is 0 Å². The third-order valence-corrected chi connectivity index (χ3v) is 5.47. The number of carbonyl (C=O) groups is 1. The number of phenolic OH excluding ortho intramolecular Hbond substituents is 1. The Morgan fingerprint density at radius 1 is 0.929 bits per heavy atom. The highest BCUT2D eigenvalue weighted by atomic mass is 16.3. The summed E-state index contributed by atoms with van der Waals surface area (Å²) in [7, 11) is 0. The highest BCUT2D eigenvalue weighted by molar-refractivity contribution is 5.99. The molecule has 1 saturated carbocycles. The fraction of sp³-hybridized carbons (Fsp3) is 0.167. The van der Waals surface area contributed by atoms with Crippen LogP contribution < -0.4 is 5.43 Å². The first-order valence-corrected chi connectivity index (χ1v) is 9.36. The van der Waals surface area contributed by atoms with Gasteiger partial charge in [0.25, 0.3) is 0 Å². The van der Waals surface area contributed by atoms with E-state index in [1.165, 1.54) is 0 Å². The Hall–Kier alpha value is -3.40. The highest BCUT2D eigenvalue weighted by Gasteiger charge is 2.60. The van der Waals surface area contributed by atoms with Crippen molar-refractivity contribution in [1.82, 2.24) is 5.43 Å². The Kier molecular flexibility index (Phi) is 4.70. The maximum atomic E-state index is 12.9. The summed E-state index contributed by atoms with van der Waals surface area (Å²) in [6.07, 6.45) is 0.765. The van der Waals surface area contributed by atoms with Crippen LogP contribution in [0.15, 0.2) is 90.0 Å². The van der Waals surface area contributed by atoms with Crippen molar-refractivity contribution in [1.29, 1.82) is 0 Å². The van der Waals surface area contributed by atoms with Gasteiger partial charge in [0, 0.05) is 5.41 Å². The smallest absolute Gasteiger partial charge is 0.244 e. The lowest BCUT2D eigenvalue weighted by Gasteiger charge is -2.18. The Bertz CT molecular complexity index is 956. The first-order valence-electron chi connectivity index (χ1n) is 9.36. The zero-order valence-electron chi connectivity index (χ0n) is 15.7. The van der Waals surface area contributed by atoms with Crippen LogP contribution in [0.4, 0.5) is 0 Å². The molecule has 3 aromatic rings. The number of hydrogen-bond donors (Lipinski definition) is 2. The Labute approximate surface area is 164 Å². The summed E-state index contributed by atoms with van der Waals surface area (Å²) in [6.45, 7) is 1.83. The quantitative estimate of drug-likeness (QED) is 0.521. The lowest BCUT2D eigenvalue weighted by molar-refractivity contribution is -0.122. The van der Waals surface area contributed by atoms with Gasteiger partial charge in [-0.25, -0.2) is 5.43 Å². The molecular formula is C24H22N2O2. The number of hydrogen-bond acceptors (Lipinski definition) is 3. The van der Waals surface area contributed by atoms with Crippen LogP contribution in [0.3, 0.4) is 0 Å². The number of rotatable bonds is 5. The Morgan fingerprint density at radius 2 is 1.46 bits per heavy atom. The predicted octanol–water partition coefficient (Wildman–Crippen LogP) is 4.24. The number of benzene rings is 3. The first kappa shape index (κ1) is 18.0. The average Bonchev–Trinajstić information content (AvgIpc) is 3.51. The van der Waals surface area contributed by atoms with Gasteiger partial charge in [-0.1, -0.05) is 60.7 Å². The third kappa shape index (κ3) is 3.29. The van der Waals surface area contributed by atoms with Crippen molar-refractivity contribution in [2.75, 3.05) is 0 Å². The van der Waals surface area contributed by atoms with Crippen LogP contribution in [0.1, 0.15) is 30.0 Å². The monoisotopic (exact) mass is 370 g/mol. The van der Waals surface area contributed by atoms with E-state index < -0.39 is 0 Å². The van der Waals surface area contributed by atoms with Crippen LogP contribution in [0.2, 0.25) is 0 Å². The molecule has 28 heavy (non-hydrogen) atoms. The number of carbonyl (C=O) groups excluding carboxylic acids is 1. The maximum absolute atomic E-state index is 12.9. The van der Waals surface area contributed by atoms with Crippen molar-refractivity contribution in [3.05, 3.63) is 102 Å². The van der Waals surface area contributed by atoms with E-state index in [2.05, 4.69) is 34.8 Å². The van der Waals surface area contributed by atoms with E-state index in [1.54, 1.807) is 24.3 Å². The molecule has 4 rings (SSSR count). The van der Waals surface area contributed by atoms with E-state index in [-0.39, 0.29) is 23.0 Å². The molecule has 0 saturated heterocycles. The van der Waals surface area contributed by atoms with Crippen LogP contribution in [0.25, 0.3) is 0 Å². The zero-order chi connectivity index (χ0) is 19.6. The molecule has 1 amide bonds. The second-order valence-corrected chi connectivity index (χ2v) is 7.18. The van der Waals surface area contributed by atoms with E-state index in [0.717, 1.165) is 23.1 Å². The minimum atomic E-state index is -0.297. The molecule has 1 unspecified atom stereocenters. The third-order valence-electron chi connectivity index (χ3n) is 5.47. The van der Waals surface area contributed by atoms with Crippen molar-refractivity contribution >= 4 is 11.6 Å². The van der Waals surface area contributed by atoms with E-state index >= 15 is 0 Å². The summed E-state index contributed by atoms with van der Waals surface area (Å²) in [4.78, 5) is 12.9. The molecule has 1 aliphatic carbocycles. The molecular weight excluding hydrogens is 348 g/mol. The minimum absolute atomic E-state index is 0.0779. The number of aromatic hydroxyl groups is 1. The summed E-state index contributed by atoms with van der Waals surface area (Å²) >= 11 is 0. The van der Waals surface area contributed by atoms with Gasteiger partial charge in [-0.05, 0) is 54.3 Å². The standard InChI is InChI=1S/C24H22N2O2/c1-17(18-12-14-21(27)15-13-18)25-26-23(28)22-16-24(22,19-8-4-2-5-9-19)20-10-6-3-7-11-20/h2-15,22,27H,16H2,1H3,(H,26,28)/b25-17+. The van der Waals surface area contributed by atoms with E-state index in [9.17, 15) is 9.90 Å². The van der Waals surface area contributed by atoms with Gasteiger partial charge in [0.05, 0.1) is 11.6 Å². The van der Waals surface area contributed by atoms with Gasteiger partial charge in [-0.15, -0.1) is 0 Å². The fourth-order valence-electron chi connectivity index (χ4n) is 3.84. The predicted molar refractivity (Wildman–Crippen MR) is 110 cm³/mol. The van der Waals surface area contributed by atoms with Crippen LogP contribution in [0.5, 0.6) is 5.75 Å². The number of amides is 1. The second-order valence-electron chi connectivity index (χ2n) is 7.18. The largest absolute Gasteiger partial charge is 0.508 e. The summed E-state index contributed by atoms with van der Waals surface area (Å²) in [5.41, 5.74) is 6.29. The molecule has 0 aromatic heterocycles. The van der Waals surface area contributed by atoms with Crippen LogP contribution in [0, 0.1) is 5.92 Å². The number of nitrogens with one attached hydrogen (secondary N) is 1. The molecule has 1 aliphatic rings. The Morgan fingerprint density at radius 3 is 2.00 bits per heavy atom. The molecule has 4 heteroatoms. The number of hydrazone groups is 1. The Balaban J connectivity index is 1.56. The van der Waals surface area contributed by atoms with Gasteiger partial charge in [-0.2, -0.15) is 5.10 Å². The lowest BCUT2D eigenvalue weighted by Crippen LogP contribution is -2.26. The second kappa shape index (κ2) is 7.31. The average molecular weight is 370 g/mol. The van der Waals surface area contributed by atoms with E-state index in [0.29, 0.717) is 5.71 Å². The normalized spacial score (nSPS) is 17.8. The topological polar surface area (TPSA) is 61.7 Å². The summed E-state index contributed by atoms with van der Waals surface area (Å²) in [5, 5.41) is 13.7. The molecule has 2 N–H and O–H groups in total. The highest BCUT2D eigenvalue weighted by Crippen LogP contribution is 2.58. The van der Waals surface area contributed by atoms with Crippen LogP contribution in [-0.4, -0.2) is 16.7 Å². The fourth-order valence-corrected chi connectivity index (χ4v) is 3.84. The van der Waals surface area contributed by atoms with E-state index in [4.69, 9.17) is 0 Å². The van der Waals surface area contributed by atoms with Crippen molar-refractivity contribution in [3.63, 3.8) is 0 Å². The zero-order valence-corrected chi connectivity index (χ0v) is 15.7. The molecule has 1 atom stereocenters. The van der Waals surface area contributed by atoms with E-state index in [1.807, 2.05) is 43.3 Å². The van der Waals surface area contributed by atoms with Crippen LogP contribution in [-0.2, 0) is 10.2 Å². The van der Waals surface area contributed by atoms with Gasteiger partial charge in [0.1, 0.15) is 5.75 Å². The summed E-state index contributed by atoms with van der Waals surface area (Å²) < 4.78 is 0. The molecule has 140 valence electrons. The van der Waals surface area contributed by atoms with Crippen molar-refractivity contribution in [2.24, 2.45) is 11.0 Å². The maximum Gasteiger partial charge on any atom is 0.244 e. The molecule has 4 nitrogen and oxygen atoms in total. The summed E-state index contributed by atoms with van der Waals surface area (Å²) in [6, 6.07) is 27.1. The van der Waals surface area contributed by atoms with Crippen molar-refractivity contribution in [2.45, 2.75) is 18.8 Å². The summed E-state index contributed by atoms with van der Waals surface area (Å²) in [5.74, 6) is -0.0337. The SMILES string of the molecule is C/C(=N\NC(=O)C1CC1(c1ccccc1)c1ccccc1)c1ccc(O)cc1. The molecule has 0 aliphatic heterocycles. The molecule has 3 aromatic carbocycles. The molecule has 0 heterocycles. The number of phenols is 1. The molecule has 0 spiro atoms.